The highest BCUT2D eigenvalue weighted by atomic mass is 16.2. The van der Waals surface area contributed by atoms with Crippen LogP contribution in [0.5, 0.6) is 0 Å². The first kappa shape index (κ1) is 15.8. The number of rotatable bonds is 3. The van der Waals surface area contributed by atoms with E-state index in [9.17, 15) is 4.79 Å². The second-order valence-electron chi connectivity index (χ2n) is 6.88. The molecule has 0 atom stereocenters. The summed E-state index contributed by atoms with van der Waals surface area (Å²) < 4.78 is 0. The number of fused-ring (bicyclic) bond motifs is 1. The summed E-state index contributed by atoms with van der Waals surface area (Å²) in [5.74, 6) is 0.490. The van der Waals surface area contributed by atoms with Gasteiger partial charge in [-0.1, -0.05) is 30.3 Å². The van der Waals surface area contributed by atoms with E-state index in [2.05, 4.69) is 27.3 Å². The van der Waals surface area contributed by atoms with Crippen molar-refractivity contribution in [1.29, 1.82) is 0 Å². The zero-order valence-corrected chi connectivity index (χ0v) is 14.7. The Hall–Kier alpha value is -3.47. The van der Waals surface area contributed by atoms with Crippen molar-refractivity contribution in [3.63, 3.8) is 0 Å². The van der Waals surface area contributed by atoms with Crippen molar-refractivity contribution >= 4 is 16.7 Å². The Morgan fingerprint density at radius 1 is 1.00 bits per heavy atom. The molecular formula is C22H18N4O. The minimum absolute atomic E-state index is 0.0928. The Balaban J connectivity index is 1.46. The number of aromatic nitrogens is 3. The molecule has 0 radical (unpaired) electrons. The summed E-state index contributed by atoms with van der Waals surface area (Å²) in [5, 5.41) is 8.95. The van der Waals surface area contributed by atoms with Crippen LogP contribution in [0.25, 0.3) is 21.9 Å². The second-order valence-corrected chi connectivity index (χ2v) is 6.88. The van der Waals surface area contributed by atoms with Crippen LogP contribution >= 0.6 is 0 Å². The number of amides is 1. The van der Waals surface area contributed by atoms with E-state index in [4.69, 9.17) is 0 Å². The molecule has 1 aliphatic heterocycles. The quantitative estimate of drug-likeness (QED) is 0.608. The van der Waals surface area contributed by atoms with Gasteiger partial charge in [-0.25, -0.2) is 0 Å². The van der Waals surface area contributed by atoms with Crippen molar-refractivity contribution in [2.24, 2.45) is 0 Å². The van der Waals surface area contributed by atoms with E-state index < -0.39 is 0 Å². The number of carbonyl (C=O) groups excluding carboxylic acids is 1. The van der Waals surface area contributed by atoms with Gasteiger partial charge in [0.15, 0.2) is 0 Å². The standard InChI is InChI=1S/C22H18N4O/c27-22(26-13-17(14-26)15-7-9-23-10-8-15)21-6-2-4-19-18(3-1-5-20(19)21)16-11-24-25-12-16/h1-12,17H,13-14H2,(H,24,25). The van der Waals surface area contributed by atoms with Crippen LogP contribution in [-0.4, -0.2) is 39.1 Å². The van der Waals surface area contributed by atoms with Crippen molar-refractivity contribution < 1.29 is 4.79 Å². The van der Waals surface area contributed by atoms with Crippen LogP contribution < -0.4 is 0 Å². The van der Waals surface area contributed by atoms with Crippen LogP contribution in [0.1, 0.15) is 21.8 Å². The van der Waals surface area contributed by atoms with E-state index in [0.29, 0.717) is 5.92 Å². The monoisotopic (exact) mass is 354 g/mol. The van der Waals surface area contributed by atoms with Crippen LogP contribution in [0.3, 0.4) is 0 Å². The lowest BCUT2D eigenvalue weighted by Crippen LogP contribution is -2.48. The van der Waals surface area contributed by atoms with Gasteiger partial charge in [-0.3, -0.25) is 14.9 Å². The Labute approximate surface area is 156 Å². The average molecular weight is 354 g/mol. The summed E-state index contributed by atoms with van der Waals surface area (Å²) in [6.45, 7) is 1.50. The van der Waals surface area contributed by atoms with E-state index in [-0.39, 0.29) is 5.91 Å². The second kappa shape index (κ2) is 6.36. The number of likely N-dealkylation sites (tertiary alicyclic amines) is 1. The molecule has 0 aliphatic carbocycles. The maximum Gasteiger partial charge on any atom is 0.254 e. The number of aromatic amines is 1. The number of pyridine rings is 1. The molecule has 1 aliphatic rings. The predicted molar refractivity (Wildman–Crippen MR) is 104 cm³/mol. The first-order valence-corrected chi connectivity index (χ1v) is 9.01. The van der Waals surface area contributed by atoms with Crippen molar-refractivity contribution in [1.82, 2.24) is 20.1 Å². The third-order valence-corrected chi connectivity index (χ3v) is 5.31. The highest BCUT2D eigenvalue weighted by molar-refractivity contribution is 6.10. The Morgan fingerprint density at radius 3 is 2.56 bits per heavy atom. The highest BCUT2D eigenvalue weighted by Crippen LogP contribution is 2.33. The van der Waals surface area contributed by atoms with Gasteiger partial charge in [-0.15, -0.1) is 0 Å². The largest absolute Gasteiger partial charge is 0.337 e. The first-order chi connectivity index (χ1) is 13.3. The van der Waals surface area contributed by atoms with E-state index in [1.54, 1.807) is 6.20 Å². The lowest BCUT2D eigenvalue weighted by Gasteiger charge is -2.39. The minimum Gasteiger partial charge on any atom is -0.337 e. The number of hydrogen-bond acceptors (Lipinski definition) is 3. The summed E-state index contributed by atoms with van der Waals surface area (Å²) in [4.78, 5) is 19.1. The van der Waals surface area contributed by atoms with Gasteiger partial charge in [0.05, 0.1) is 6.20 Å². The normalized spacial score (nSPS) is 14.3. The fourth-order valence-electron chi connectivity index (χ4n) is 3.81. The van der Waals surface area contributed by atoms with Crippen molar-refractivity contribution in [3.05, 3.63) is 84.4 Å². The van der Waals surface area contributed by atoms with Gasteiger partial charge in [-0.05, 0) is 40.1 Å². The average Bonchev–Trinajstić information content (AvgIpc) is 3.21. The van der Waals surface area contributed by atoms with Crippen LogP contribution in [0.2, 0.25) is 0 Å². The predicted octanol–water partition coefficient (Wildman–Crippen LogP) is 3.86. The summed E-state index contributed by atoms with van der Waals surface area (Å²) in [6, 6.07) is 16.1. The van der Waals surface area contributed by atoms with Crippen LogP contribution in [-0.2, 0) is 0 Å². The van der Waals surface area contributed by atoms with Crippen molar-refractivity contribution in [2.75, 3.05) is 13.1 Å². The third kappa shape index (κ3) is 2.68. The van der Waals surface area contributed by atoms with E-state index >= 15 is 0 Å². The molecule has 1 fully saturated rings. The van der Waals surface area contributed by atoms with Crippen molar-refractivity contribution in [2.45, 2.75) is 5.92 Å². The van der Waals surface area contributed by atoms with E-state index in [1.165, 1.54) is 5.56 Å². The summed E-state index contributed by atoms with van der Waals surface area (Å²) >= 11 is 0. The molecule has 5 rings (SSSR count). The Bertz CT molecular complexity index is 1100. The van der Waals surface area contributed by atoms with Gasteiger partial charge in [0.1, 0.15) is 0 Å². The molecule has 4 aromatic rings. The lowest BCUT2D eigenvalue weighted by molar-refractivity contribution is 0.0604. The Morgan fingerprint density at radius 2 is 1.78 bits per heavy atom. The third-order valence-electron chi connectivity index (χ3n) is 5.31. The van der Waals surface area contributed by atoms with E-state index in [1.807, 2.05) is 59.9 Å². The number of hydrogen-bond donors (Lipinski definition) is 1. The maximum atomic E-state index is 13.1. The number of nitrogens with zero attached hydrogens (tertiary/aromatic N) is 3. The Kier molecular flexibility index (Phi) is 3.71. The number of carbonyl (C=O) groups is 1. The zero-order chi connectivity index (χ0) is 18.2. The molecule has 0 spiro atoms. The molecule has 2 aromatic heterocycles. The molecule has 132 valence electrons. The highest BCUT2D eigenvalue weighted by Gasteiger charge is 2.32. The lowest BCUT2D eigenvalue weighted by atomic mass is 9.90. The summed E-state index contributed by atoms with van der Waals surface area (Å²) in [5.41, 5.74) is 4.10. The first-order valence-electron chi connectivity index (χ1n) is 9.01. The number of benzene rings is 2. The van der Waals surface area contributed by atoms with Gasteiger partial charge in [-0.2, -0.15) is 5.10 Å². The van der Waals surface area contributed by atoms with Gasteiger partial charge < -0.3 is 4.90 Å². The smallest absolute Gasteiger partial charge is 0.254 e. The fraction of sp³-hybridized carbons (Fsp3) is 0.136. The molecular weight excluding hydrogens is 336 g/mol. The molecule has 0 bridgehead atoms. The van der Waals surface area contributed by atoms with Crippen molar-refractivity contribution in [3.8, 4) is 11.1 Å². The zero-order valence-electron chi connectivity index (χ0n) is 14.7. The molecule has 27 heavy (non-hydrogen) atoms. The molecule has 0 saturated carbocycles. The SMILES string of the molecule is O=C(c1cccc2c(-c3cn[nH]c3)cccc12)N1CC(c2ccncc2)C1. The van der Waals surface area contributed by atoms with Crippen LogP contribution in [0.4, 0.5) is 0 Å². The maximum absolute atomic E-state index is 13.1. The van der Waals surface area contributed by atoms with E-state index in [0.717, 1.165) is 40.6 Å². The van der Waals surface area contributed by atoms with Gasteiger partial charge >= 0.3 is 0 Å². The summed E-state index contributed by atoms with van der Waals surface area (Å²) in [7, 11) is 0. The number of nitrogens with one attached hydrogen (secondary N) is 1. The van der Waals surface area contributed by atoms with Crippen LogP contribution in [0.15, 0.2) is 73.3 Å². The van der Waals surface area contributed by atoms with Gasteiger partial charge in [0.2, 0.25) is 0 Å². The molecule has 2 aromatic carbocycles. The van der Waals surface area contributed by atoms with Gasteiger partial charge in [0.25, 0.3) is 5.91 Å². The van der Waals surface area contributed by atoms with Gasteiger partial charge in [0, 0.05) is 48.7 Å². The molecule has 5 nitrogen and oxygen atoms in total. The molecule has 3 heterocycles. The minimum atomic E-state index is 0.0928. The molecule has 1 amide bonds. The molecule has 5 heteroatoms. The van der Waals surface area contributed by atoms with Crippen LogP contribution in [0, 0.1) is 0 Å². The molecule has 1 N–H and O–H groups in total. The molecule has 1 saturated heterocycles. The summed E-state index contributed by atoms with van der Waals surface area (Å²) in [6.07, 6.45) is 7.29. The topological polar surface area (TPSA) is 61.9 Å². The fourth-order valence-corrected chi connectivity index (χ4v) is 3.81. The molecule has 0 unspecified atom stereocenters. The number of H-pyrrole nitrogens is 1.